The molecule has 3 aromatic carbocycles. The Bertz CT molecular complexity index is 1340. The summed E-state index contributed by atoms with van der Waals surface area (Å²) in [6.07, 6.45) is 0.718. The molecule has 4 rings (SSSR count). The smallest absolute Gasteiger partial charge is 0.315 e. The summed E-state index contributed by atoms with van der Waals surface area (Å²) in [7, 11) is 0. The van der Waals surface area contributed by atoms with Crippen molar-refractivity contribution in [3.8, 4) is 16.9 Å². The first-order valence-corrected chi connectivity index (χ1v) is 12.1. The molecule has 0 radical (unpaired) electrons. The number of aromatic nitrogens is 2. The van der Waals surface area contributed by atoms with Crippen LogP contribution in [0.15, 0.2) is 84.9 Å². The molecular weight excluding hydrogens is 474 g/mol. The Labute approximate surface area is 215 Å². The fourth-order valence-corrected chi connectivity index (χ4v) is 3.93. The fourth-order valence-electron chi connectivity index (χ4n) is 3.80. The molecule has 8 heteroatoms. The minimum Gasteiger partial charge on any atom is -0.315 e. The van der Waals surface area contributed by atoms with E-state index in [4.69, 9.17) is 16.7 Å². The second-order valence-electron chi connectivity index (χ2n) is 8.44. The largest absolute Gasteiger partial charge is 0.322 e. The first-order chi connectivity index (χ1) is 17.4. The minimum atomic E-state index is -0.325. The molecule has 0 aliphatic heterocycles. The van der Waals surface area contributed by atoms with Crippen molar-refractivity contribution in [1.29, 1.82) is 0 Å². The number of rotatable bonds is 8. The zero-order valence-corrected chi connectivity index (χ0v) is 21.0. The van der Waals surface area contributed by atoms with E-state index in [0.717, 1.165) is 23.2 Å². The molecule has 0 unspecified atom stereocenters. The number of amides is 3. The van der Waals surface area contributed by atoms with E-state index in [2.05, 4.69) is 10.6 Å². The van der Waals surface area contributed by atoms with Gasteiger partial charge in [-0.1, -0.05) is 61.0 Å². The predicted octanol–water partition coefficient (Wildman–Crippen LogP) is 6.38. The number of halogens is 1. The van der Waals surface area contributed by atoms with Crippen LogP contribution in [0.1, 0.15) is 18.9 Å². The van der Waals surface area contributed by atoms with Gasteiger partial charge in [-0.25, -0.2) is 9.48 Å². The van der Waals surface area contributed by atoms with Crippen molar-refractivity contribution in [1.82, 2.24) is 14.7 Å². The quantitative estimate of drug-likeness (QED) is 0.294. The highest BCUT2D eigenvalue weighted by molar-refractivity contribution is 6.30. The van der Waals surface area contributed by atoms with Gasteiger partial charge in [0.15, 0.2) is 0 Å². The van der Waals surface area contributed by atoms with Gasteiger partial charge < -0.3 is 15.5 Å². The van der Waals surface area contributed by atoms with Crippen molar-refractivity contribution in [2.75, 3.05) is 23.7 Å². The van der Waals surface area contributed by atoms with E-state index in [1.54, 1.807) is 16.8 Å². The maximum atomic E-state index is 13.1. The summed E-state index contributed by atoms with van der Waals surface area (Å²) >= 11 is 6.06. The molecule has 3 amide bonds. The number of nitrogens with zero attached hydrogens (tertiary/aromatic N) is 3. The van der Waals surface area contributed by atoms with E-state index in [1.807, 2.05) is 86.6 Å². The summed E-state index contributed by atoms with van der Waals surface area (Å²) in [6, 6.07) is 26.0. The van der Waals surface area contributed by atoms with Gasteiger partial charge in [0.05, 0.1) is 11.4 Å². The molecule has 36 heavy (non-hydrogen) atoms. The maximum Gasteiger partial charge on any atom is 0.322 e. The van der Waals surface area contributed by atoms with Crippen molar-refractivity contribution in [2.45, 2.75) is 20.3 Å². The van der Waals surface area contributed by atoms with Crippen LogP contribution in [0.4, 0.5) is 16.3 Å². The molecule has 0 saturated heterocycles. The number of carbonyl (C=O) groups excluding carboxylic acids is 2. The van der Waals surface area contributed by atoms with E-state index in [9.17, 15) is 9.59 Å². The van der Waals surface area contributed by atoms with Gasteiger partial charge in [0.1, 0.15) is 12.4 Å². The Balaban J connectivity index is 1.55. The molecule has 0 saturated carbocycles. The number of hydrogen-bond donors (Lipinski definition) is 2. The number of hydrogen-bond acceptors (Lipinski definition) is 3. The number of aryl methyl sites for hydroxylation is 1. The molecule has 4 aromatic rings. The third-order valence-electron chi connectivity index (χ3n) is 5.50. The lowest BCUT2D eigenvalue weighted by molar-refractivity contribution is -0.116. The van der Waals surface area contributed by atoms with E-state index in [-0.39, 0.29) is 18.5 Å². The molecule has 0 fully saturated rings. The highest BCUT2D eigenvalue weighted by atomic mass is 35.5. The standard InChI is InChI=1S/C28H28ClN5O2/c1-3-16-33(28(36)30-23-11-7-8-20(2)17-23)19-27(35)31-26-18-25(21-9-5-4-6-10-21)32-34(26)24-14-12-22(29)13-15-24/h4-15,17-18H,3,16,19H2,1-2H3,(H,30,36)(H,31,35). The second-order valence-corrected chi connectivity index (χ2v) is 8.87. The van der Waals surface area contributed by atoms with Gasteiger partial charge in [0.2, 0.25) is 5.91 Å². The number of urea groups is 1. The van der Waals surface area contributed by atoms with Crippen molar-refractivity contribution in [3.63, 3.8) is 0 Å². The monoisotopic (exact) mass is 501 g/mol. The van der Waals surface area contributed by atoms with Gasteiger partial charge in [-0.05, 0) is 55.3 Å². The predicted molar refractivity (Wildman–Crippen MR) is 145 cm³/mol. The Morgan fingerprint density at radius 2 is 1.69 bits per heavy atom. The molecule has 1 heterocycles. The lowest BCUT2D eigenvalue weighted by Crippen LogP contribution is -2.41. The molecule has 7 nitrogen and oxygen atoms in total. The van der Waals surface area contributed by atoms with Crippen LogP contribution in [-0.2, 0) is 4.79 Å². The van der Waals surface area contributed by atoms with Crippen molar-refractivity contribution >= 4 is 35.0 Å². The summed E-state index contributed by atoms with van der Waals surface area (Å²) in [5.74, 6) is 0.175. The lowest BCUT2D eigenvalue weighted by Gasteiger charge is -2.22. The number of nitrogens with one attached hydrogen (secondary N) is 2. The SMILES string of the molecule is CCCN(CC(=O)Nc1cc(-c2ccccc2)nn1-c1ccc(Cl)cc1)C(=O)Nc1cccc(C)c1. The maximum absolute atomic E-state index is 13.1. The van der Waals surface area contributed by atoms with Crippen LogP contribution in [-0.4, -0.2) is 39.7 Å². The van der Waals surface area contributed by atoms with Crippen LogP contribution < -0.4 is 10.6 Å². The molecule has 0 atom stereocenters. The number of benzene rings is 3. The Morgan fingerprint density at radius 3 is 2.39 bits per heavy atom. The molecule has 184 valence electrons. The lowest BCUT2D eigenvalue weighted by atomic mass is 10.1. The van der Waals surface area contributed by atoms with Crippen LogP contribution in [0.5, 0.6) is 0 Å². The number of carbonyl (C=O) groups is 2. The average Bonchev–Trinajstić information content (AvgIpc) is 3.28. The summed E-state index contributed by atoms with van der Waals surface area (Å²) in [5.41, 5.74) is 4.11. The highest BCUT2D eigenvalue weighted by Crippen LogP contribution is 2.25. The second kappa shape index (κ2) is 11.6. The van der Waals surface area contributed by atoms with Crippen LogP contribution in [0.25, 0.3) is 16.9 Å². The van der Waals surface area contributed by atoms with Gasteiger partial charge in [-0.15, -0.1) is 0 Å². The molecule has 0 bridgehead atoms. The topological polar surface area (TPSA) is 79.3 Å². The molecule has 2 N–H and O–H groups in total. The molecule has 0 spiro atoms. The third kappa shape index (κ3) is 6.31. The van der Waals surface area contributed by atoms with Crippen molar-refractivity contribution < 1.29 is 9.59 Å². The van der Waals surface area contributed by atoms with Crippen molar-refractivity contribution in [3.05, 3.63) is 95.5 Å². The van der Waals surface area contributed by atoms with E-state index >= 15 is 0 Å². The van der Waals surface area contributed by atoms with Crippen LogP contribution in [0, 0.1) is 6.92 Å². The van der Waals surface area contributed by atoms with Gasteiger partial charge >= 0.3 is 6.03 Å². The Morgan fingerprint density at radius 1 is 0.944 bits per heavy atom. The third-order valence-corrected chi connectivity index (χ3v) is 5.75. The van der Waals surface area contributed by atoms with E-state index in [1.165, 1.54) is 4.90 Å². The van der Waals surface area contributed by atoms with Gasteiger partial charge in [0.25, 0.3) is 0 Å². The summed E-state index contributed by atoms with van der Waals surface area (Å²) < 4.78 is 1.66. The van der Waals surface area contributed by atoms with Gasteiger partial charge in [-0.2, -0.15) is 5.10 Å². The van der Waals surface area contributed by atoms with Gasteiger partial charge in [-0.3, -0.25) is 4.79 Å². The fraction of sp³-hybridized carbons (Fsp3) is 0.179. The Kier molecular flexibility index (Phi) is 8.02. The Hall–Kier alpha value is -4.10. The summed E-state index contributed by atoms with van der Waals surface area (Å²) in [4.78, 5) is 27.5. The summed E-state index contributed by atoms with van der Waals surface area (Å²) in [5, 5.41) is 11.1. The first kappa shape index (κ1) is 25.0. The molecule has 0 aliphatic carbocycles. The average molecular weight is 502 g/mol. The zero-order chi connectivity index (χ0) is 25.5. The molecule has 1 aromatic heterocycles. The van der Waals surface area contributed by atoms with E-state index < -0.39 is 0 Å². The summed E-state index contributed by atoms with van der Waals surface area (Å²) in [6.45, 7) is 4.27. The van der Waals surface area contributed by atoms with E-state index in [0.29, 0.717) is 28.8 Å². The minimum absolute atomic E-state index is 0.0992. The molecular formula is C28H28ClN5O2. The normalized spacial score (nSPS) is 10.6. The zero-order valence-electron chi connectivity index (χ0n) is 20.2. The van der Waals surface area contributed by atoms with Crippen LogP contribution in [0.2, 0.25) is 5.02 Å². The molecule has 0 aliphatic rings. The van der Waals surface area contributed by atoms with Crippen LogP contribution in [0.3, 0.4) is 0 Å². The van der Waals surface area contributed by atoms with Crippen molar-refractivity contribution in [2.24, 2.45) is 0 Å². The highest BCUT2D eigenvalue weighted by Gasteiger charge is 2.19. The number of anilines is 2. The first-order valence-electron chi connectivity index (χ1n) is 11.8. The van der Waals surface area contributed by atoms with Gasteiger partial charge in [0, 0.05) is 28.9 Å². The van der Waals surface area contributed by atoms with Crippen LogP contribution >= 0.6 is 11.6 Å².